The van der Waals surface area contributed by atoms with E-state index in [1.54, 1.807) is 0 Å². The second-order valence-electron chi connectivity index (χ2n) is 26.1. The SMILES string of the molecule is CCCCCC/C=C\C=C/CCCCCCCC(=O)OC[C@H](COP(=O)(O)OC[C@@H](O)COP(=O)(O)OC[C@@H](COC(=O)CCCCCCCCC)OC(=O)CCCCCCCCCC(C)C)OC(=O)CCCCCCCCCCCCCCCCCCCCCC. The standard InChI is InChI=1S/C73H138O17P2/c1-6-9-12-15-18-20-22-24-26-27-28-29-30-32-34-36-38-43-48-53-58-72(77)89-69(63-84-71(76)57-52-47-42-37-35-33-31-25-23-21-19-16-13-10-7-2)65-88-92(81,82)86-61-67(74)60-85-91(79,80)87-64-68(62-83-70(75)56-51-46-40-17-14-11-8-3)90-73(78)59-54-49-44-39-41-45-50-55-66(4)5/h21,23,25,31,66-69,74H,6-20,22,24,26-30,32-65H2,1-5H3,(H,79,80)(H,81,82)/b23-21-,31-25-/t67-,68+,69+/m0/s1. The van der Waals surface area contributed by atoms with Crippen LogP contribution < -0.4 is 0 Å². The molecule has 5 atom stereocenters. The van der Waals surface area contributed by atoms with Gasteiger partial charge >= 0.3 is 39.5 Å². The molecule has 0 radical (unpaired) electrons. The van der Waals surface area contributed by atoms with Gasteiger partial charge in [0.25, 0.3) is 0 Å². The lowest BCUT2D eigenvalue weighted by atomic mass is 10.0. The molecule has 0 bridgehead atoms. The van der Waals surface area contributed by atoms with E-state index in [0.29, 0.717) is 31.6 Å². The molecule has 17 nitrogen and oxygen atoms in total. The zero-order valence-electron chi connectivity index (χ0n) is 59.2. The fourth-order valence-corrected chi connectivity index (χ4v) is 12.2. The molecule has 0 fully saturated rings. The van der Waals surface area contributed by atoms with Crippen molar-refractivity contribution in [2.24, 2.45) is 5.92 Å². The summed E-state index contributed by atoms with van der Waals surface area (Å²) < 4.78 is 68.2. The molecule has 0 saturated heterocycles. The van der Waals surface area contributed by atoms with Gasteiger partial charge in [0.15, 0.2) is 12.2 Å². The van der Waals surface area contributed by atoms with Gasteiger partial charge in [-0.05, 0) is 57.3 Å². The fourth-order valence-electron chi connectivity index (χ4n) is 10.6. The number of hydrogen-bond acceptors (Lipinski definition) is 15. The molecule has 0 amide bonds. The maximum atomic E-state index is 13.0. The van der Waals surface area contributed by atoms with Crippen molar-refractivity contribution in [1.82, 2.24) is 0 Å². The minimum atomic E-state index is -4.96. The Morgan fingerprint density at radius 1 is 0.337 bits per heavy atom. The summed E-state index contributed by atoms with van der Waals surface area (Å²) in [6.45, 7) is 7.09. The van der Waals surface area contributed by atoms with E-state index in [9.17, 15) is 43.2 Å². The van der Waals surface area contributed by atoms with E-state index in [1.807, 2.05) is 0 Å². The molecular formula is C73H138O17P2. The van der Waals surface area contributed by atoms with Crippen LogP contribution in [0.15, 0.2) is 24.3 Å². The van der Waals surface area contributed by atoms with Crippen molar-refractivity contribution < 1.29 is 80.2 Å². The molecule has 0 aromatic carbocycles. The maximum absolute atomic E-state index is 13.0. The number of rotatable bonds is 71. The zero-order valence-corrected chi connectivity index (χ0v) is 61.0. The first-order chi connectivity index (χ1) is 44.5. The van der Waals surface area contributed by atoms with Crippen molar-refractivity contribution >= 4 is 39.5 Å². The van der Waals surface area contributed by atoms with Gasteiger partial charge in [0.2, 0.25) is 0 Å². The third-order valence-corrected chi connectivity index (χ3v) is 18.3. The van der Waals surface area contributed by atoms with E-state index in [0.717, 1.165) is 122 Å². The third kappa shape index (κ3) is 66.2. The van der Waals surface area contributed by atoms with Crippen LogP contribution in [-0.2, 0) is 65.4 Å². The van der Waals surface area contributed by atoms with Gasteiger partial charge in [-0.3, -0.25) is 37.3 Å². The van der Waals surface area contributed by atoms with Gasteiger partial charge in [-0.15, -0.1) is 0 Å². The normalized spacial score (nSPS) is 14.2. The number of allylic oxidation sites excluding steroid dienone is 4. The molecule has 0 aliphatic heterocycles. The van der Waals surface area contributed by atoms with Crippen LogP contribution >= 0.6 is 15.6 Å². The highest BCUT2D eigenvalue weighted by Gasteiger charge is 2.30. The Labute approximate surface area is 561 Å². The van der Waals surface area contributed by atoms with Crippen molar-refractivity contribution in [2.75, 3.05) is 39.6 Å². The van der Waals surface area contributed by atoms with Crippen LogP contribution in [-0.4, -0.2) is 96.7 Å². The second-order valence-corrected chi connectivity index (χ2v) is 29.0. The van der Waals surface area contributed by atoms with Crippen LogP contribution in [0.25, 0.3) is 0 Å². The Morgan fingerprint density at radius 3 is 0.891 bits per heavy atom. The van der Waals surface area contributed by atoms with Crippen LogP contribution in [0, 0.1) is 5.92 Å². The Balaban J connectivity index is 5.20. The van der Waals surface area contributed by atoms with Crippen molar-refractivity contribution in [2.45, 2.75) is 374 Å². The number of carbonyl (C=O) groups excluding carboxylic acids is 4. The highest BCUT2D eigenvalue weighted by atomic mass is 31.2. The monoisotopic (exact) mass is 1350 g/mol. The molecule has 19 heteroatoms. The van der Waals surface area contributed by atoms with Crippen molar-refractivity contribution in [3.8, 4) is 0 Å². The molecule has 3 N–H and O–H groups in total. The Hall–Kier alpha value is -2.46. The highest BCUT2D eigenvalue weighted by molar-refractivity contribution is 7.47. The number of carbonyl (C=O) groups is 4. The summed E-state index contributed by atoms with van der Waals surface area (Å²) in [7, 11) is -9.91. The van der Waals surface area contributed by atoms with Gasteiger partial charge in [-0.1, -0.05) is 303 Å². The highest BCUT2D eigenvalue weighted by Crippen LogP contribution is 2.45. The van der Waals surface area contributed by atoms with E-state index in [-0.39, 0.29) is 25.7 Å². The summed E-state index contributed by atoms with van der Waals surface area (Å²) >= 11 is 0. The molecule has 0 aromatic rings. The number of phosphoric ester groups is 2. The topological polar surface area (TPSA) is 237 Å². The molecule has 0 aromatic heterocycles. The molecular weight excluding hydrogens is 1210 g/mol. The van der Waals surface area contributed by atoms with Crippen molar-refractivity contribution in [1.29, 1.82) is 0 Å². The molecule has 0 aliphatic rings. The molecule has 0 saturated carbocycles. The van der Waals surface area contributed by atoms with E-state index >= 15 is 0 Å². The van der Waals surface area contributed by atoms with Gasteiger partial charge in [-0.2, -0.15) is 0 Å². The van der Waals surface area contributed by atoms with Crippen LogP contribution in [0.1, 0.15) is 356 Å². The molecule has 92 heavy (non-hydrogen) atoms. The number of unbranched alkanes of at least 4 members (excludes halogenated alkanes) is 40. The van der Waals surface area contributed by atoms with E-state index in [4.69, 9.17) is 37.0 Å². The van der Waals surface area contributed by atoms with Crippen molar-refractivity contribution in [3.05, 3.63) is 24.3 Å². The van der Waals surface area contributed by atoms with Gasteiger partial charge < -0.3 is 33.8 Å². The number of esters is 4. The van der Waals surface area contributed by atoms with E-state index in [1.165, 1.54) is 148 Å². The predicted octanol–water partition coefficient (Wildman–Crippen LogP) is 20.9. The van der Waals surface area contributed by atoms with Crippen LogP contribution in [0.3, 0.4) is 0 Å². The average Bonchev–Trinajstić information content (AvgIpc) is 1.66. The third-order valence-electron chi connectivity index (χ3n) is 16.4. The number of aliphatic hydroxyl groups excluding tert-OH is 1. The van der Waals surface area contributed by atoms with Gasteiger partial charge in [0.1, 0.15) is 19.3 Å². The summed E-state index contributed by atoms with van der Waals surface area (Å²) in [6, 6.07) is 0. The predicted molar refractivity (Wildman–Crippen MR) is 372 cm³/mol. The summed E-state index contributed by atoms with van der Waals surface area (Å²) in [4.78, 5) is 72.4. The van der Waals surface area contributed by atoms with Crippen LogP contribution in [0.4, 0.5) is 0 Å². The zero-order chi connectivity index (χ0) is 67.7. The summed E-state index contributed by atoms with van der Waals surface area (Å²) in [5.41, 5.74) is 0. The first-order valence-corrected chi connectivity index (χ1v) is 40.4. The minimum absolute atomic E-state index is 0.101. The van der Waals surface area contributed by atoms with E-state index < -0.39 is 97.5 Å². The lowest BCUT2D eigenvalue weighted by Crippen LogP contribution is -2.30. The molecule has 0 heterocycles. The Morgan fingerprint density at radius 2 is 0.587 bits per heavy atom. The van der Waals surface area contributed by atoms with Crippen molar-refractivity contribution in [3.63, 3.8) is 0 Å². The number of phosphoric acid groups is 2. The largest absolute Gasteiger partial charge is 0.472 e. The fraction of sp³-hybridized carbons (Fsp3) is 0.890. The summed E-state index contributed by atoms with van der Waals surface area (Å²) in [5.74, 6) is -1.46. The number of ether oxygens (including phenoxy) is 4. The molecule has 542 valence electrons. The summed E-state index contributed by atoms with van der Waals surface area (Å²) in [5, 5.41) is 10.6. The Bertz CT molecular complexity index is 1860. The van der Waals surface area contributed by atoms with Gasteiger partial charge in [0, 0.05) is 25.7 Å². The van der Waals surface area contributed by atoms with Gasteiger partial charge in [-0.25, -0.2) is 9.13 Å². The molecule has 0 spiro atoms. The molecule has 2 unspecified atom stereocenters. The maximum Gasteiger partial charge on any atom is 0.472 e. The van der Waals surface area contributed by atoms with Crippen LogP contribution in [0.2, 0.25) is 0 Å². The Kier molecular flexibility index (Phi) is 64.0. The lowest BCUT2D eigenvalue weighted by molar-refractivity contribution is -0.161. The second kappa shape index (κ2) is 65.8. The first kappa shape index (κ1) is 89.5. The van der Waals surface area contributed by atoms with Crippen LogP contribution in [0.5, 0.6) is 0 Å². The molecule has 0 aliphatic carbocycles. The smallest absolute Gasteiger partial charge is 0.462 e. The quantitative estimate of drug-likeness (QED) is 0.0169. The lowest BCUT2D eigenvalue weighted by Gasteiger charge is -2.21. The van der Waals surface area contributed by atoms with Gasteiger partial charge in [0.05, 0.1) is 26.4 Å². The first-order valence-electron chi connectivity index (χ1n) is 37.5. The minimum Gasteiger partial charge on any atom is -0.462 e. The number of hydrogen-bond donors (Lipinski definition) is 3. The molecule has 0 rings (SSSR count). The number of aliphatic hydroxyl groups is 1. The average molecular weight is 1350 g/mol. The summed E-state index contributed by atoms with van der Waals surface area (Å²) in [6.07, 6.45) is 56.7. The van der Waals surface area contributed by atoms with E-state index in [2.05, 4.69) is 58.9 Å².